The van der Waals surface area contributed by atoms with Gasteiger partial charge in [-0.25, -0.2) is 0 Å². The Balaban J connectivity index is 0.00000312. The number of imide groups is 1. The highest BCUT2D eigenvalue weighted by molar-refractivity contribution is 14.0. The Bertz CT molecular complexity index is 601. The molecule has 0 aromatic heterocycles. The maximum absolute atomic E-state index is 11.7. The van der Waals surface area contributed by atoms with Crippen LogP contribution in [0.15, 0.2) is 29.3 Å². The second-order valence-electron chi connectivity index (χ2n) is 5.88. The summed E-state index contributed by atoms with van der Waals surface area (Å²) in [5, 5.41) is 2.97. The number of hydrogen-bond acceptors (Lipinski definition) is 4. The van der Waals surface area contributed by atoms with E-state index in [1.807, 2.05) is 38.1 Å². The Labute approximate surface area is 165 Å². The first-order valence-corrected chi connectivity index (χ1v) is 8.12. The average molecular weight is 460 g/mol. The zero-order valence-electron chi connectivity index (χ0n) is 14.5. The van der Waals surface area contributed by atoms with E-state index >= 15 is 0 Å². The maximum atomic E-state index is 11.7. The number of likely N-dealkylation sites (tertiary alicyclic amines) is 1. The molecule has 1 aromatic carbocycles. The van der Waals surface area contributed by atoms with E-state index in [1.54, 1.807) is 0 Å². The molecule has 0 radical (unpaired) electrons. The molecule has 1 aliphatic rings. The molecule has 7 nitrogen and oxygen atoms in total. The molecule has 1 saturated heterocycles. The minimum absolute atomic E-state index is 0. The van der Waals surface area contributed by atoms with Gasteiger partial charge in [0.05, 0.1) is 12.6 Å². The smallest absolute Gasteiger partial charge is 0.229 e. The van der Waals surface area contributed by atoms with Crippen molar-refractivity contribution in [1.29, 1.82) is 0 Å². The molecule has 0 aliphatic carbocycles. The van der Waals surface area contributed by atoms with Crippen LogP contribution in [0.1, 0.15) is 33.1 Å². The summed E-state index contributed by atoms with van der Waals surface area (Å²) in [4.78, 5) is 28.8. The number of nitrogens with two attached hydrogens (primary N) is 1. The normalized spacial score (nSPS) is 15.2. The summed E-state index contributed by atoms with van der Waals surface area (Å²) < 4.78 is 5.57. The summed E-state index contributed by atoms with van der Waals surface area (Å²) in [6.07, 6.45) is 1.61. The number of ether oxygens (including phenoxy) is 1. The highest BCUT2D eigenvalue weighted by Gasteiger charge is 2.24. The number of carbonyl (C=O) groups excluding carboxylic acids is 2. The molecule has 1 aromatic rings. The Morgan fingerprint density at radius 3 is 2.40 bits per heavy atom. The third-order valence-corrected chi connectivity index (χ3v) is 3.49. The fraction of sp³-hybridized carbons (Fsp3) is 0.471. The molecule has 2 rings (SSSR count). The number of halogens is 1. The monoisotopic (exact) mass is 460 g/mol. The third kappa shape index (κ3) is 6.89. The molecule has 8 heteroatoms. The molecule has 0 saturated carbocycles. The van der Waals surface area contributed by atoms with Gasteiger partial charge in [-0.2, -0.15) is 0 Å². The van der Waals surface area contributed by atoms with Gasteiger partial charge >= 0.3 is 0 Å². The largest absolute Gasteiger partial charge is 0.491 e. The van der Waals surface area contributed by atoms with Crippen LogP contribution in [-0.4, -0.2) is 41.9 Å². The van der Waals surface area contributed by atoms with Crippen LogP contribution in [0.2, 0.25) is 0 Å². The number of amides is 2. The molecular formula is C17H25IN4O3. The van der Waals surface area contributed by atoms with Crippen LogP contribution in [0.3, 0.4) is 0 Å². The predicted molar refractivity (Wildman–Crippen MR) is 108 cm³/mol. The number of hydrogen-bond donors (Lipinski definition) is 2. The molecule has 25 heavy (non-hydrogen) atoms. The molecule has 2 amide bonds. The van der Waals surface area contributed by atoms with Gasteiger partial charge < -0.3 is 15.8 Å². The molecule has 0 bridgehead atoms. The molecule has 0 spiro atoms. The van der Waals surface area contributed by atoms with Crippen LogP contribution < -0.4 is 15.8 Å². The van der Waals surface area contributed by atoms with Gasteiger partial charge in [-0.05, 0) is 44.5 Å². The van der Waals surface area contributed by atoms with Crippen molar-refractivity contribution in [2.75, 3.05) is 18.4 Å². The van der Waals surface area contributed by atoms with Crippen molar-refractivity contribution in [2.24, 2.45) is 10.7 Å². The summed E-state index contributed by atoms with van der Waals surface area (Å²) in [5.74, 6) is 0.764. The van der Waals surface area contributed by atoms with Gasteiger partial charge in [0.1, 0.15) is 5.75 Å². The summed E-state index contributed by atoms with van der Waals surface area (Å²) in [6, 6.07) is 7.39. The first-order chi connectivity index (χ1) is 11.5. The minimum atomic E-state index is -0.131. The van der Waals surface area contributed by atoms with Crippen molar-refractivity contribution in [3.05, 3.63) is 24.3 Å². The fourth-order valence-corrected chi connectivity index (χ4v) is 2.40. The summed E-state index contributed by atoms with van der Waals surface area (Å²) in [7, 11) is 0. The van der Waals surface area contributed by atoms with Crippen molar-refractivity contribution >= 4 is 47.4 Å². The Kier molecular flexibility index (Phi) is 8.67. The highest BCUT2D eigenvalue weighted by atomic mass is 127. The Morgan fingerprint density at radius 2 is 1.84 bits per heavy atom. The van der Waals surface area contributed by atoms with E-state index in [0.717, 1.165) is 11.4 Å². The van der Waals surface area contributed by atoms with Gasteiger partial charge in [-0.3, -0.25) is 19.5 Å². The average Bonchev–Trinajstić information content (AvgIpc) is 2.52. The van der Waals surface area contributed by atoms with Gasteiger partial charge in [0.25, 0.3) is 0 Å². The van der Waals surface area contributed by atoms with Gasteiger partial charge in [0, 0.05) is 25.1 Å². The first-order valence-electron chi connectivity index (χ1n) is 8.12. The molecule has 1 aliphatic heterocycles. The third-order valence-electron chi connectivity index (χ3n) is 3.49. The molecule has 138 valence electrons. The van der Waals surface area contributed by atoms with E-state index in [1.165, 1.54) is 4.90 Å². The highest BCUT2D eigenvalue weighted by Crippen LogP contribution is 2.16. The van der Waals surface area contributed by atoms with Gasteiger partial charge in [-0.1, -0.05) is 0 Å². The van der Waals surface area contributed by atoms with E-state index < -0.39 is 0 Å². The van der Waals surface area contributed by atoms with Crippen LogP contribution in [0, 0.1) is 0 Å². The lowest BCUT2D eigenvalue weighted by Crippen LogP contribution is -2.41. The van der Waals surface area contributed by atoms with Crippen molar-refractivity contribution in [1.82, 2.24) is 4.90 Å². The number of carbonyl (C=O) groups is 2. The lowest BCUT2D eigenvalue weighted by molar-refractivity contribution is -0.147. The molecule has 1 heterocycles. The van der Waals surface area contributed by atoms with Crippen LogP contribution >= 0.6 is 24.0 Å². The van der Waals surface area contributed by atoms with E-state index in [2.05, 4.69) is 10.3 Å². The van der Waals surface area contributed by atoms with Gasteiger partial charge in [-0.15, -0.1) is 24.0 Å². The molecular weight excluding hydrogens is 435 g/mol. The lowest BCUT2D eigenvalue weighted by atomic mass is 10.1. The first kappa shape index (κ1) is 21.2. The SMILES string of the molecule is CC(C)Oc1ccc(NC(N)=NCCN2C(=O)CCCC2=O)cc1.I. The van der Waals surface area contributed by atoms with E-state index in [-0.39, 0.29) is 60.9 Å². The quantitative estimate of drug-likeness (QED) is 0.294. The second-order valence-corrected chi connectivity index (χ2v) is 5.88. The molecule has 3 N–H and O–H groups in total. The maximum Gasteiger partial charge on any atom is 0.229 e. The van der Waals surface area contributed by atoms with E-state index in [9.17, 15) is 9.59 Å². The van der Waals surface area contributed by atoms with Gasteiger partial charge in [0.2, 0.25) is 11.8 Å². The molecule has 0 unspecified atom stereocenters. The summed E-state index contributed by atoms with van der Waals surface area (Å²) in [5.41, 5.74) is 6.62. The number of benzene rings is 1. The predicted octanol–water partition coefficient (Wildman–Crippen LogP) is 2.36. The Morgan fingerprint density at radius 1 is 1.24 bits per heavy atom. The van der Waals surface area contributed by atoms with Crippen LogP contribution in [0.5, 0.6) is 5.75 Å². The fourth-order valence-electron chi connectivity index (χ4n) is 2.40. The second kappa shape index (κ2) is 10.2. The zero-order valence-corrected chi connectivity index (χ0v) is 16.9. The number of rotatable bonds is 6. The Hall–Kier alpha value is -1.84. The number of aliphatic imine (C=N–C) groups is 1. The number of guanidine groups is 1. The van der Waals surface area contributed by atoms with Gasteiger partial charge in [0.15, 0.2) is 5.96 Å². The number of nitrogens with one attached hydrogen (secondary N) is 1. The van der Waals surface area contributed by atoms with Crippen molar-refractivity contribution in [3.63, 3.8) is 0 Å². The van der Waals surface area contributed by atoms with Crippen molar-refractivity contribution < 1.29 is 14.3 Å². The lowest BCUT2D eigenvalue weighted by Gasteiger charge is -2.23. The molecule has 0 atom stereocenters. The van der Waals surface area contributed by atoms with Crippen LogP contribution in [-0.2, 0) is 9.59 Å². The van der Waals surface area contributed by atoms with Crippen LogP contribution in [0.25, 0.3) is 0 Å². The minimum Gasteiger partial charge on any atom is -0.491 e. The number of nitrogens with zero attached hydrogens (tertiary/aromatic N) is 2. The number of piperidine rings is 1. The van der Waals surface area contributed by atoms with E-state index in [4.69, 9.17) is 10.5 Å². The number of anilines is 1. The summed E-state index contributed by atoms with van der Waals surface area (Å²) in [6.45, 7) is 4.48. The zero-order chi connectivity index (χ0) is 17.5. The molecule has 1 fully saturated rings. The topological polar surface area (TPSA) is 97.0 Å². The van der Waals surface area contributed by atoms with Crippen molar-refractivity contribution in [2.45, 2.75) is 39.2 Å². The van der Waals surface area contributed by atoms with Crippen molar-refractivity contribution in [3.8, 4) is 5.75 Å². The van der Waals surface area contributed by atoms with Crippen LogP contribution in [0.4, 0.5) is 5.69 Å². The van der Waals surface area contributed by atoms with E-state index in [0.29, 0.717) is 19.3 Å². The summed E-state index contributed by atoms with van der Waals surface area (Å²) >= 11 is 0. The standard InChI is InChI=1S/C17H24N4O3.HI/c1-12(2)24-14-8-6-13(7-9-14)20-17(18)19-10-11-21-15(22)4-3-5-16(21)23;/h6-9,12H,3-5,10-11H2,1-2H3,(H3,18,19,20);1H.